The number of allylic oxidation sites excluding steroid dienone is 4. The summed E-state index contributed by atoms with van der Waals surface area (Å²) in [7, 11) is 0. The Balaban J connectivity index is 2.10. The van der Waals surface area contributed by atoms with Crippen LogP contribution in [0.15, 0.2) is 23.3 Å². The van der Waals surface area contributed by atoms with Crippen LogP contribution < -0.4 is 0 Å². The lowest BCUT2D eigenvalue weighted by atomic mass is 9.62. The Kier molecular flexibility index (Phi) is 2.07. The van der Waals surface area contributed by atoms with Crippen molar-refractivity contribution in [2.24, 2.45) is 0 Å². The molecular weight excluding hydrogens is 256 g/mol. The molecule has 1 saturated carbocycles. The Hall–Kier alpha value is -1.58. The summed E-state index contributed by atoms with van der Waals surface area (Å²) in [5, 5.41) is 0. The van der Waals surface area contributed by atoms with E-state index in [0.29, 0.717) is 12.8 Å². The predicted octanol–water partition coefficient (Wildman–Crippen LogP) is 4.47. The monoisotopic (exact) mass is 266 g/mol. The van der Waals surface area contributed by atoms with Gasteiger partial charge in [-0.1, -0.05) is 12.2 Å². The second kappa shape index (κ2) is 3.50. The van der Waals surface area contributed by atoms with Crippen LogP contribution in [0, 0.1) is 23.3 Å². The summed E-state index contributed by atoms with van der Waals surface area (Å²) in [5.74, 6) is -6.44. The predicted molar refractivity (Wildman–Crippen MR) is 61.8 cm³/mol. The van der Waals surface area contributed by atoms with E-state index in [9.17, 15) is 17.6 Å². The molecule has 0 heterocycles. The zero-order valence-electron chi connectivity index (χ0n) is 9.94. The van der Waals surface area contributed by atoms with Crippen molar-refractivity contribution in [3.63, 3.8) is 0 Å². The third-order valence-electron chi connectivity index (χ3n) is 4.54. The Morgan fingerprint density at radius 3 is 1.53 bits per heavy atom. The molecule has 2 atom stereocenters. The van der Waals surface area contributed by atoms with Crippen molar-refractivity contribution < 1.29 is 17.6 Å². The summed E-state index contributed by atoms with van der Waals surface area (Å²) in [6.07, 6.45) is 6.03. The topological polar surface area (TPSA) is 0 Å². The van der Waals surface area contributed by atoms with Gasteiger partial charge in [-0.15, -0.1) is 0 Å². The lowest BCUT2D eigenvalue weighted by molar-refractivity contribution is 0.371. The van der Waals surface area contributed by atoms with Crippen LogP contribution in [0.5, 0.6) is 0 Å². The maximum absolute atomic E-state index is 14.0. The van der Waals surface area contributed by atoms with Crippen LogP contribution in [0.3, 0.4) is 0 Å². The molecule has 0 N–H and O–H groups in total. The fourth-order valence-corrected chi connectivity index (χ4v) is 3.83. The average Bonchev–Trinajstić information content (AvgIpc) is 2.93. The molecule has 1 aromatic carbocycles. The van der Waals surface area contributed by atoms with E-state index in [4.69, 9.17) is 0 Å². The SMILES string of the molecule is Fc1c(F)c(F)c2c(c1F)[C@H]1CC[C@H]2C2=CCC=C21. The summed E-state index contributed by atoms with van der Waals surface area (Å²) in [6, 6.07) is 0. The van der Waals surface area contributed by atoms with E-state index >= 15 is 0 Å². The molecule has 1 fully saturated rings. The summed E-state index contributed by atoms with van der Waals surface area (Å²) in [4.78, 5) is 0. The molecule has 0 nitrogen and oxygen atoms in total. The molecule has 98 valence electrons. The lowest BCUT2D eigenvalue weighted by Crippen LogP contribution is -2.29. The first kappa shape index (κ1) is 11.3. The van der Waals surface area contributed by atoms with Gasteiger partial charge in [0.15, 0.2) is 23.3 Å². The number of hydrogen-bond donors (Lipinski definition) is 0. The van der Waals surface area contributed by atoms with E-state index in [-0.39, 0.29) is 23.0 Å². The van der Waals surface area contributed by atoms with Crippen molar-refractivity contribution in [2.45, 2.75) is 31.1 Å². The normalized spacial score (nSPS) is 26.9. The molecule has 0 amide bonds. The Morgan fingerprint density at radius 2 is 1.11 bits per heavy atom. The lowest BCUT2D eigenvalue weighted by Gasteiger charge is -2.41. The first-order valence-electron chi connectivity index (χ1n) is 6.37. The highest BCUT2D eigenvalue weighted by atomic mass is 19.2. The van der Waals surface area contributed by atoms with E-state index in [0.717, 1.165) is 17.6 Å². The largest absolute Gasteiger partial charge is 0.203 e. The second-order valence-electron chi connectivity index (χ2n) is 5.32. The summed E-state index contributed by atoms with van der Waals surface area (Å²) < 4.78 is 54.9. The van der Waals surface area contributed by atoms with Crippen molar-refractivity contribution in [2.75, 3.05) is 0 Å². The van der Waals surface area contributed by atoms with Crippen molar-refractivity contribution >= 4 is 0 Å². The average molecular weight is 266 g/mol. The first-order chi connectivity index (χ1) is 9.11. The van der Waals surface area contributed by atoms with Crippen LogP contribution in [-0.2, 0) is 0 Å². The number of hydrogen-bond acceptors (Lipinski definition) is 0. The summed E-state index contributed by atoms with van der Waals surface area (Å²) in [5.41, 5.74) is 2.04. The number of halogens is 4. The Morgan fingerprint density at radius 1 is 0.684 bits per heavy atom. The fourth-order valence-electron chi connectivity index (χ4n) is 3.83. The van der Waals surface area contributed by atoms with Crippen LogP contribution in [-0.4, -0.2) is 0 Å². The number of benzene rings is 1. The Labute approximate surface area is 107 Å². The molecule has 4 heteroatoms. The summed E-state index contributed by atoms with van der Waals surface area (Å²) >= 11 is 0. The van der Waals surface area contributed by atoms with Gasteiger partial charge in [-0.2, -0.15) is 0 Å². The highest BCUT2D eigenvalue weighted by Crippen LogP contribution is 2.58. The van der Waals surface area contributed by atoms with Gasteiger partial charge in [-0.05, 0) is 30.4 Å². The highest BCUT2D eigenvalue weighted by molar-refractivity contribution is 5.60. The van der Waals surface area contributed by atoms with Gasteiger partial charge in [0, 0.05) is 23.0 Å². The molecule has 4 aliphatic carbocycles. The van der Waals surface area contributed by atoms with Gasteiger partial charge in [0.25, 0.3) is 0 Å². The Bertz CT molecular complexity index is 612. The van der Waals surface area contributed by atoms with E-state index in [2.05, 4.69) is 0 Å². The van der Waals surface area contributed by atoms with Gasteiger partial charge in [0.05, 0.1) is 0 Å². The van der Waals surface area contributed by atoms with Crippen LogP contribution in [0.4, 0.5) is 17.6 Å². The molecule has 0 spiro atoms. The number of fused-ring (bicyclic) bond motifs is 1. The van der Waals surface area contributed by atoms with Crippen LogP contribution in [0.25, 0.3) is 0 Å². The first-order valence-corrected chi connectivity index (χ1v) is 6.37. The molecule has 5 rings (SSSR count). The smallest absolute Gasteiger partial charge is 0.197 e. The number of rotatable bonds is 0. The maximum atomic E-state index is 14.0. The maximum Gasteiger partial charge on any atom is 0.197 e. The third-order valence-corrected chi connectivity index (χ3v) is 4.54. The van der Waals surface area contributed by atoms with Gasteiger partial charge >= 0.3 is 0 Å². The molecule has 19 heavy (non-hydrogen) atoms. The van der Waals surface area contributed by atoms with Crippen molar-refractivity contribution in [3.05, 3.63) is 57.7 Å². The van der Waals surface area contributed by atoms with Crippen LogP contribution in [0.2, 0.25) is 0 Å². The van der Waals surface area contributed by atoms with E-state index in [1.165, 1.54) is 0 Å². The van der Waals surface area contributed by atoms with Gasteiger partial charge < -0.3 is 0 Å². The van der Waals surface area contributed by atoms with Crippen molar-refractivity contribution in [1.82, 2.24) is 0 Å². The van der Waals surface area contributed by atoms with Gasteiger partial charge in [-0.25, -0.2) is 17.6 Å². The standard InChI is InChI=1S/C15H10F4/c16-12-10-8-4-5-9(7-3-1-2-6(7)8)11(10)13(17)15(19)14(12)18/h2-3,8-9H,1,4-5H2/t8-,9-/m0/s1. The highest BCUT2D eigenvalue weighted by Gasteiger charge is 2.45. The van der Waals surface area contributed by atoms with Gasteiger partial charge in [0.2, 0.25) is 0 Å². The molecule has 0 radical (unpaired) electrons. The summed E-state index contributed by atoms with van der Waals surface area (Å²) in [6.45, 7) is 0. The molecule has 0 saturated heterocycles. The van der Waals surface area contributed by atoms with E-state index < -0.39 is 23.3 Å². The minimum Gasteiger partial charge on any atom is -0.203 e. The van der Waals surface area contributed by atoms with Gasteiger partial charge in [0.1, 0.15) is 0 Å². The second-order valence-corrected chi connectivity index (χ2v) is 5.32. The van der Waals surface area contributed by atoms with Crippen molar-refractivity contribution in [1.29, 1.82) is 0 Å². The molecular formula is C15H10F4. The molecule has 2 bridgehead atoms. The fraction of sp³-hybridized carbons (Fsp3) is 0.333. The minimum absolute atomic E-state index is 0.0398. The van der Waals surface area contributed by atoms with Crippen LogP contribution >= 0.6 is 0 Å². The molecule has 0 aliphatic heterocycles. The zero-order valence-corrected chi connectivity index (χ0v) is 9.94. The van der Waals surface area contributed by atoms with E-state index in [1.807, 2.05) is 12.2 Å². The zero-order chi connectivity index (χ0) is 13.3. The molecule has 4 aliphatic rings. The molecule has 1 aromatic rings. The van der Waals surface area contributed by atoms with Crippen molar-refractivity contribution in [3.8, 4) is 0 Å². The molecule has 0 aromatic heterocycles. The van der Waals surface area contributed by atoms with Gasteiger partial charge in [-0.3, -0.25) is 0 Å². The van der Waals surface area contributed by atoms with Crippen LogP contribution in [0.1, 0.15) is 42.2 Å². The van der Waals surface area contributed by atoms with E-state index in [1.54, 1.807) is 0 Å². The molecule has 0 unspecified atom stereocenters. The minimum atomic E-state index is -1.69. The quantitative estimate of drug-likeness (QED) is 0.369. The third kappa shape index (κ3) is 1.20.